The maximum Gasteiger partial charge on any atom is 0.338 e. The maximum atomic E-state index is 11.8. The third kappa shape index (κ3) is 2.50. The SMILES string of the molecule is COC(=O)c1cccc2c1ccn2-c1cc(Cl)cc(Cl)c1. The van der Waals surface area contributed by atoms with E-state index in [1.165, 1.54) is 7.11 Å². The van der Waals surface area contributed by atoms with E-state index in [4.69, 9.17) is 27.9 Å². The van der Waals surface area contributed by atoms with Crippen molar-refractivity contribution in [2.75, 3.05) is 7.11 Å². The Morgan fingerprint density at radius 1 is 1.10 bits per heavy atom. The van der Waals surface area contributed by atoms with Crippen molar-refractivity contribution in [3.05, 3.63) is 64.3 Å². The Balaban J connectivity index is 2.23. The minimum absolute atomic E-state index is 0.359. The molecular formula is C16H11Cl2NO2. The number of methoxy groups -OCH3 is 1. The maximum absolute atomic E-state index is 11.8. The quantitative estimate of drug-likeness (QED) is 0.640. The van der Waals surface area contributed by atoms with Gasteiger partial charge in [-0.15, -0.1) is 0 Å². The van der Waals surface area contributed by atoms with Gasteiger partial charge in [0.15, 0.2) is 0 Å². The van der Waals surface area contributed by atoms with E-state index >= 15 is 0 Å². The van der Waals surface area contributed by atoms with Crippen molar-refractivity contribution in [1.82, 2.24) is 4.57 Å². The molecule has 3 aromatic rings. The minimum atomic E-state index is -0.359. The van der Waals surface area contributed by atoms with Gasteiger partial charge in [0, 0.05) is 27.3 Å². The molecule has 1 heterocycles. The lowest BCUT2D eigenvalue weighted by atomic mass is 10.1. The van der Waals surface area contributed by atoms with Crippen LogP contribution in [0.15, 0.2) is 48.7 Å². The number of hydrogen-bond donors (Lipinski definition) is 0. The summed E-state index contributed by atoms with van der Waals surface area (Å²) in [7, 11) is 1.37. The largest absolute Gasteiger partial charge is 0.465 e. The predicted octanol–water partition coefficient (Wildman–Crippen LogP) is 4.72. The van der Waals surface area contributed by atoms with Crippen molar-refractivity contribution in [2.24, 2.45) is 0 Å². The normalized spacial score (nSPS) is 10.8. The molecule has 0 aliphatic heterocycles. The number of carbonyl (C=O) groups is 1. The average Bonchev–Trinajstić information content (AvgIpc) is 2.89. The van der Waals surface area contributed by atoms with Crippen LogP contribution in [-0.2, 0) is 4.74 Å². The molecular weight excluding hydrogens is 309 g/mol. The molecule has 0 bridgehead atoms. The van der Waals surface area contributed by atoms with Crippen molar-refractivity contribution in [1.29, 1.82) is 0 Å². The number of hydrogen-bond acceptors (Lipinski definition) is 2. The summed E-state index contributed by atoms with van der Waals surface area (Å²) in [6, 6.07) is 12.7. The molecule has 3 nitrogen and oxygen atoms in total. The Labute approximate surface area is 131 Å². The van der Waals surface area contributed by atoms with Crippen LogP contribution >= 0.6 is 23.2 Å². The molecule has 5 heteroatoms. The molecule has 0 unspecified atom stereocenters. The van der Waals surface area contributed by atoms with Crippen LogP contribution in [0.5, 0.6) is 0 Å². The Hall–Kier alpha value is -1.97. The first kappa shape index (κ1) is 14.0. The van der Waals surface area contributed by atoms with E-state index in [9.17, 15) is 4.79 Å². The second kappa shape index (κ2) is 5.43. The number of esters is 1. The zero-order valence-electron chi connectivity index (χ0n) is 11.1. The van der Waals surface area contributed by atoms with Crippen LogP contribution in [0.1, 0.15) is 10.4 Å². The molecule has 0 spiro atoms. The number of ether oxygens (including phenoxy) is 1. The van der Waals surface area contributed by atoms with Crippen molar-refractivity contribution in [2.45, 2.75) is 0 Å². The number of fused-ring (bicyclic) bond motifs is 1. The highest BCUT2D eigenvalue weighted by Gasteiger charge is 2.13. The van der Waals surface area contributed by atoms with Crippen molar-refractivity contribution in [3.63, 3.8) is 0 Å². The lowest BCUT2D eigenvalue weighted by molar-refractivity contribution is 0.0603. The zero-order valence-corrected chi connectivity index (χ0v) is 12.7. The highest BCUT2D eigenvalue weighted by atomic mass is 35.5. The number of halogens is 2. The summed E-state index contributed by atoms with van der Waals surface area (Å²) in [5, 5.41) is 1.94. The summed E-state index contributed by atoms with van der Waals surface area (Å²) in [6.45, 7) is 0. The van der Waals surface area contributed by atoms with E-state index < -0.39 is 0 Å². The van der Waals surface area contributed by atoms with Crippen molar-refractivity contribution in [3.8, 4) is 5.69 Å². The summed E-state index contributed by atoms with van der Waals surface area (Å²) in [4.78, 5) is 11.8. The van der Waals surface area contributed by atoms with Crippen LogP contribution in [0, 0.1) is 0 Å². The third-order valence-electron chi connectivity index (χ3n) is 3.26. The number of aromatic nitrogens is 1. The van der Waals surface area contributed by atoms with Crippen LogP contribution in [0.3, 0.4) is 0 Å². The second-order valence-corrected chi connectivity index (χ2v) is 5.42. The Morgan fingerprint density at radius 3 is 2.48 bits per heavy atom. The summed E-state index contributed by atoms with van der Waals surface area (Å²) in [6.07, 6.45) is 1.87. The molecule has 0 N–H and O–H groups in total. The molecule has 3 rings (SSSR count). The van der Waals surface area contributed by atoms with Gasteiger partial charge in [0.1, 0.15) is 0 Å². The van der Waals surface area contributed by atoms with Gasteiger partial charge < -0.3 is 9.30 Å². The van der Waals surface area contributed by atoms with Gasteiger partial charge in [-0.2, -0.15) is 0 Å². The first-order valence-corrected chi connectivity index (χ1v) is 7.00. The number of benzene rings is 2. The second-order valence-electron chi connectivity index (χ2n) is 4.54. The molecule has 0 saturated carbocycles. The molecule has 0 atom stereocenters. The van der Waals surface area contributed by atoms with Crippen molar-refractivity contribution < 1.29 is 9.53 Å². The molecule has 0 aliphatic carbocycles. The van der Waals surface area contributed by atoms with E-state index in [1.54, 1.807) is 12.1 Å². The van der Waals surface area contributed by atoms with E-state index in [2.05, 4.69) is 0 Å². The van der Waals surface area contributed by atoms with Gasteiger partial charge in [0.2, 0.25) is 0 Å². The first-order valence-electron chi connectivity index (χ1n) is 6.25. The van der Waals surface area contributed by atoms with E-state index in [0.29, 0.717) is 15.6 Å². The van der Waals surface area contributed by atoms with Crippen LogP contribution in [0.2, 0.25) is 10.0 Å². The molecule has 0 radical (unpaired) electrons. The highest BCUT2D eigenvalue weighted by Crippen LogP contribution is 2.27. The third-order valence-corrected chi connectivity index (χ3v) is 3.70. The molecule has 0 saturated heterocycles. The molecule has 0 fully saturated rings. The van der Waals surface area contributed by atoms with Gasteiger partial charge in [-0.05, 0) is 36.4 Å². The standard InChI is InChI=1S/C16H11Cl2NO2/c1-21-16(20)14-3-2-4-15-13(14)5-6-19(15)12-8-10(17)7-11(18)9-12/h2-9H,1H3. The average molecular weight is 320 g/mol. The van der Waals surface area contributed by atoms with E-state index in [-0.39, 0.29) is 5.97 Å². The minimum Gasteiger partial charge on any atom is -0.465 e. The van der Waals surface area contributed by atoms with Gasteiger partial charge in [0.05, 0.1) is 18.2 Å². The highest BCUT2D eigenvalue weighted by molar-refractivity contribution is 6.34. The molecule has 0 amide bonds. The smallest absolute Gasteiger partial charge is 0.338 e. The summed E-state index contributed by atoms with van der Waals surface area (Å²) < 4.78 is 6.74. The first-order chi connectivity index (χ1) is 10.1. The lowest BCUT2D eigenvalue weighted by Crippen LogP contribution is -2.01. The lowest BCUT2D eigenvalue weighted by Gasteiger charge is -2.08. The van der Waals surface area contributed by atoms with Crippen LogP contribution in [-0.4, -0.2) is 17.6 Å². The molecule has 106 valence electrons. The van der Waals surface area contributed by atoms with Gasteiger partial charge in [-0.3, -0.25) is 0 Å². The van der Waals surface area contributed by atoms with Crippen LogP contribution in [0.4, 0.5) is 0 Å². The number of rotatable bonds is 2. The monoisotopic (exact) mass is 319 g/mol. The van der Waals surface area contributed by atoms with Crippen LogP contribution in [0.25, 0.3) is 16.6 Å². The predicted molar refractivity (Wildman–Crippen MR) is 84.6 cm³/mol. The summed E-state index contributed by atoms with van der Waals surface area (Å²) in [5.41, 5.74) is 2.25. The molecule has 2 aromatic carbocycles. The summed E-state index contributed by atoms with van der Waals surface area (Å²) in [5.74, 6) is -0.359. The fourth-order valence-corrected chi connectivity index (χ4v) is 2.87. The molecule has 1 aromatic heterocycles. The number of nitrogens with zero attached hydrogens (tertiary/aromatic N) is 1. The molecule has 21 heavy (non-hydrogen) atoms. The van der Waals surface area contributed by atoms with E-state index in [0.717, 1.165) is 16.6 Å². The van der Waals surface area contributed by atoms with Gasteiger partial charge in [-0.1, -0.05) is 29.3 Å². The van der Waals surface area contributed by atoms with Gasteiger partial charge >= 0.3 is 5.97 Å². The fraction of sp³-hybridized carbons (Fsp3) is 0.0625. The Kier molecular flexibility index (Phi) is 3.62. The van der Waals surface area contributed by atoms with Crippen molar-refractivity contribution >= 4 is 40.1 Å². The van der Waals surface area contributed by atoms with E-state index in [1.807, 2.05) is 41.1 Å². The Bertz CT molecular complexity index is 819. The van der Waals surface area contributed by atoms with Gasteiger partial charge in [0.25, 0.3) is 0 Å². The zero-order chi connectivity index (χ0) is 15.0. The van der Waals surface area contributed by atoms with Gasteiger partial charge in [-0.25, -0.2) is 4.79 Å². The topological polar surface area (TPSA) is 31.2 Å². The Morgan fingerprint density at radius 2 is 1.81 bits per heavy atom. The fourth-order valence-electron chi connectivity index (χ4n) is 2.36. The van der Waals surface area contributed by atoms with Crippen LogP contribution < -0.4 is 0 Å². The summed E-state index contributed by atoms with van der Waals surface area (Å²) >= 11 is 12.1. The molecule has 0 aliphatic rings. The number of carbonyl (C=O) groups excluding carboxylic acids is 1.